The summed E-state index contributed by atoms with van der Waals surface area (Å²) >= 11 is 6.00. The van der Waals surface area contributed by atoms with Crippen molar-refractivity contribution in [3.8, 4) is 0 Å². The normalized spacial score (nSPS) is 10.9. The number of aryl methyl sites for hydroxylation is 1. The van der Waals surface area contributed by atoms with E-state index in [1.165, 1.54) is 0 Å². The van der Waals surface area contributed by atoms with Crippen molar-refractivity contribution in [1.82, 2.24) is 4.90 Å². The molecule has 0 heterocycles. The number of nitrogens with one attached hydrogen (secondary N) is 1. The third-order valence-corrected chi connectivity index (χ3v) is 3.30. The van der Waals surface area contributed by atoms with Gasteiger partial charge in [-0.1, -0.05) is 17.7 Å². The first-order chi connectivity index (χ1) is 9.29. The molecular weight excluding hydrogens is 278 g/mol. The van der Waals surface area contributed by atoms with Gasteiger partial charge in [-0.25, -0.2) is 0 Å². The Kier molecular flexibility index (Phi) is 5.98. The Morgan fingerprint density at radius 1 is 1.35 bits per heavy atom. The van der Waals surface area contributed by atoms with Crippen molar-refractivity contribution in [2.45, 2.75) is 26.8 Å². The fraction of sp³-hybridized carbons (Fsp3) is 0.429. The second-order valence-electron chi connectivity index (χ2n) is 4.98. The standard InChI is InChI=1S/C14H20ClN3O2/c1-9(2)18(7-13(16)19)8-14(20)17-11-5-4-10(3)12(15)6-11/h4-6,9H,7-8H2,1-3H3,(H2,16,19)(H,17,20). The zero-order chi connectivity index (χ0) is 15.3. The SMILES string of the molecule is Cc1ccc(NC(=O)CN(CC(N)=O)C(C)C)cc1Cl. The molecule has 0 aromatic heterocycles. The highest BCUT2D eigenvalue weighted by Crippen LogP contribution is 2.19. The molecule has 0 atom stereocenters. The molecule has 20 heavy (non-hydrogen) atoms. The van der Waals surface area contributed by atoms with Gasteiger partial charge in [-0.15, -0.1) is 0 Å². The molecule has 3 N–H and O–H groups in total. The van der Waals surface area contributed by atoms with Crippen molar-refractivity contribution < 1.29 is 9.59 Å². The Hall–Kier alpha value is -1.59. The summed E-state index contributed by atoms with van der Waals surface area (Å²) in [6, 6.07) is 5.37. The number of hydrogen-bond acceptors (Lipinski definition) is 3. The van der Waals surface area contributed by atoms with Gasteiger partial charge in [0, 0.05) is 16.8 Å². The van der Waals surface area contributed by atoms with Crippen molar-refractivity contribution >= 4 is 29.1 Å². The van der Waals surface area contributed by atoms with Gasteiger partial charge in [0.25, 0.3) is 0 Å². The molecule has 6 heteroatoms. The van der Waals surface area contributed by atoms with Gasteiger partial charge < -0.3 is 11.1 Å². The van der Waals surface area contributed by atoms with Gasteiger partial charge in [0.2, 0.25) is 11.8 Å². The zero-order valence-corrected chi connectivity index (χ0v) is 12.7. The minimum absolute atomic E-state index is 0.0508. The minimum atomic E-state index is -0.454. The summed E-state index contributed by atoms with van der Waals surface area (Å²) in [7, 11) is 0. The molecular formula is C14H20ClN3O2. The summed E-state index contributed by atoms with van der Waals surface area (Å²) in [5, 5.41) is 3.35. The Morgan fingerprint density at radius 3 is 2.50 bits per heavy atom. The number of anilines is 1. The maximum atomic E-state index is 12.0. The van der Waals surface area contributed by atoms with Crippen LogP contribution in [0.1, 0.15) is 19.4 Å². The van der Waals surface area contributed by atoms with E-state index in [1.807, 2.05) is 26.8 Å². The van der Waals surface area contributed by atoms with E-state index >= 15 is 0 Å². The number of carbonyl (C=O) groups is 2. The first-order valence-electron chi connectivity index (χ1n) is 6.38. The Morgan fingerprint density at radius 2 is 2.00 bits per heavy atom. The molecule has 0 aliphatic carbocycles. The summed E-state index contributed by atoms with van der Waals surface area (Å²) in [4.78, 5) is 24.6. The van der Waals surface area contributed by atoms with Gasteiger partial charge in [0.1, 0.15) is 0 Å². The van der Waals surface area contributed by atoms with Crippen LogP contribution in [0.25, 0.3) is 0 Å². The molecule has 0 fully saturated rings. The second-order valence-corrected chi connectivity index (χ2v) is 5.38. The number of primary amides is 1. The highest BCUT2D eigenvalue weighted by Gasteiger charge is 2.16. The number of amides is 2. The van der Waals surface area contributed by atoms with Crippen LogP contribution < -0.4 is 11.1 Å². The molecule has 1 aromatic carbocycles. The number of rotatable bonds is 6. The van der Waals surface area contributed by atoms with Crippen LogP contribution >= 0.6 is 11.6 Å². The number of nitrogens with two attached hydrogens (primary N) is 1. The molecule has 1 rings (SSSR count). The molecule has 5 nitrogen and oxygen atoms in total. The third kappa shape index (κ3) is 5.19. The largest absolute Gasteiger partial charge is 0.369 e. The fourth-order valence-corrected chi connectivity index (χ4v) is 1.86. The molecule has 0 aliphatic heterocycles. The highest BCUT2D eigenvalue weighted by molar-refractivity contribution is 6.31. The van der Waals surface area contributed by atoms with E-state index in [2.05, 4.69) is 5.32 Å². The molecule has 0 radical (unpaired) electrons. The Labute approximate surface area is 124 Å². The molecule has 0 saturated carbocycles. The number of nitrogens with zero attached hydrogens (tertiary/aromatic N) is 1. The van der Waals surface area contributed by atoms with E-state index in [4.69, 9.17) is 17.3 Å². The van der Waals surface area contributed by atoms with Crippen LogP contribution in [0.15, 0.2) is 18.2 Å². The van der Waals surface area contributed by atoms with Crippen molar-refractivity contribution in [2.24, 2.45) is 5.73 Å². The molecule has 0 bridgehead atoms. The summed E-state index contributed by atoms with van der Waals surface area (Å²) in [5.41, 5.74) is 6.75. The summed E-state index contributed by atoms with van der Waals surface area (Å²) < 4.78 is 0. The maximum Gasteiger partial charge on any atom is 0.238 e. The Balaban J connectivity index is 2.65. The van der Waals surface area contributed by atoms with Crippen LogP contribution in [-0.4, -0.2) is 35.8 Å². The first kappa shape index (κ1) is 16.5. The molecule has 1 aromatic rings. The predicted molar refractivity (Wildman–Crippen MR) is 80.7 cm³/mol. The lowest BCUT2D eigenvalue weighted by atomic mass is 10.2. The average molecular weight is 298 g/mol. The molecule has 110 valence electrons. The first-order valence-corrected chi connectivity index (χ1v) is 6.75. The third-order valence-electron chi connectivity index (χ3n) is 2.89. The smallest absolute Gasteiger partial charge is 0.238 e. The zero-order valence-electron chi connectivity index (χ0n) is 11.9. The molecule has 0 saturated heterocycles. The van der Waals surface area contributed by atoms with Gasteiger partial charge in [-0.2, -0.15) is 0 Å². The van der Waals surface area contributed by atoms with Crippen LogP contribution in [-0.2, 0) is 9.59 Å². The van der Waals surface area contributed by atoms with Crippen molar-refractivity contribution in [1.29, 1.82) is 0 Å². The van der Waals surface area contributed by atoms with Gasteiger partial charge >= 0.3 is 0 Å². The highest BCUT2D eigenvalue weighted by atomic mass is 35.5. The summed E-state index contributed by atoms with van der Waals surface area (Å²) in [5.74, 6) is -0.662. The fourth-order valence-electron chi connectivity index (χ4n) is 1.68. The van der Waals surface area contributed by atoms with Gasteiger partial charge in [0.05, 0.1) is 13.1 Å². The van der Waals surface area contributed by atoms with E-state index in [1.54, 1.807) is 17.0 Å². The molecule has 2 amide bonds. The molecule has 0 unspecified atom stereocenters. The van der Waals surface area contributed by atoms with Crippen LogP contribution in [0.5, 0.6) is 0 Å². The Bertz CT molecular complexity index is 503. The van der Waals surface area contributed by atoms with Crippen molar-refractivity contribution in [3.63, 3.8) is 0 Å². The second kappa shape index (κ2) is 7.26. The van der Waals surface area contributed by atoms with E-state index in [0.717, 1.165) is 5.56 Å². The lowest BCUT2D eigenvalue weighted by molar-refractivity contribution is -0.121. The number of carbonyl (C=O) groups excluding carboxylic acids is 2. The maximum absolute atomic E-state index is 12.0. The number of benzene rings is 1. The van der Waals surface area contributed by atoms with Crippen molar-refractivity contribution in [3.05, 3.63) is 28.8 Å². The lowest BCUT2D eigenvalue weighted by Crippen LogP contribution is -2.43. The van der Waals surface area contributed by atoms with E-state index in [-0.39, 0.29) is 25.0 Å². The average Bonchev–Trinajstić information content (AvgIpc) is 2.32. The minimum Gasteiger partial charge on any atom is -0.369 e. The lowest BCUT2D eigenvalue weighted by Gasteiger charge is -2.24. The van der Waals surface area contributed by atoms with Gasteiger partial charge in [-0.3, -0.25) is 14.5 Å². The van der Waals surface area contributed by atoms with Crippen LogP contribution in [0.2, 0.25) is 5.02 Å². The quantitative estimate of drug-likeness (QED) is 0.840. The molecule has 0 aliphatic rings. The van der Waals surface area contributed by atoms with Crippen LogP contribution in [0.3, 0.4) is 0 Å². The summed E-state index contributed by atoms with van der Waals surface area (Å²) in [6.45, 7) is 5.85. The van der Waals surface area contributed by atoms with Crippen LogP contribution in [0.4, 0.5) is 5.69 Å². The number of hydrogen-bond donors (Lipinski definition) is 2. The van der Waals surface area contributed by atoms with Crippen LogP contribution in [0, 0.1) is 6.92 Å². The van der Waals surface area contributed by atoms with Crippen molar-refractivity contribution in [2.75, 3.05) is 18.4 Å². The topological polar surface area (TPSA) is 75.4 Å². The van der Waals surface area contributed by atoms with E-state index < -0.39 is 5.91 Å². The van der Waals surface area contributed by atoms with E-state index in [9.17, 15) is 9.59 Å². The predicted octanol–water partition coefficient (Wildman–Crippen LogP) is 1.78. The van der Waals surface area contributed by atoms with E-state index in [0.29, 0.717) is 10.7 Å². The number of halogens is 1. The molecule has 0 spiro atoms. The van der Waals surface area contributed by atoms with Gasteiger partial charge in [-0.05, 0) is 38.5 Å². The summed E-state index contributed by atoms with van der Waals surface area (Å²) in [6.07, 6.45) is 0. The van der Waals surface area contributed by atoms with Gasteiger partial charge in [0.15, 0.2) is 0 Å². The monoisotopic (exact) mass is 297 g/mol.